The van der Waals surface area contributed by atoms with Crippen molar-refractivity contribution in [2.45, 2.75) is 11.8 Å². The number of hydrazine groups is 1. The van der Waals surface area contributed by atoms with Crippen molar-refractivity contribution in [3.63, 3.8) is 0 Å². The Labute approximate surface area is 251 Å². The Bertz CT molecular complexity index is 1770. The van der Waals surface area contributed by atoms with E-state index < -0.39 is 58.6 Å². The van der Waals surface area contributed by atoms with Gasteiger partial charge in [-0.25, -0.2) is 5.01 Å². The van der Waals surface area contributed by atoms with Crippen LogP contribution < -0.4 is 4.74 Å². The van der Waals surface area contributed by atoms with E-state index in [1.165, 1.54) is 25.3 Å². The van der Waals surface area contributed by atoms with Crippen LogP contribution in [-0.2, 0) is 9.59 Å². The normalized spacial score (nSPS) is 20.9. The van der Waals surface area contributed by atoms with Gasteiger partial charge in [0.25, 0.3) is 23.4 Å². The molecule has 1 heterocycles. The first-order chi connectivity index (χ1) is 21.3. The second kappa shape index (κ2) is 10.3. The number of non-ortho nitro benzene ring substituents is 1. The number of carbonyl (C=O) groups is 4. The lowest BCUT2D eigenvalue weighted by Crippen LogP contribution is -2.52. The molecule has 10 nitrogen and oxygen atoms in total. The summed E-state index contributed by atoms with van der Waals surface area (Å²) >= 11 is 0. The molecule has 4 aliphatic rings. The first-order valence-electron chi connectivity index (χ1n) is 14.1. The highest BCUT2D eigenvalue weighted by Crippen LogP contribution is 2.61. The zero-order valence-electron chi connectivity index (χ0n) is 23.5. The van der Waals surface area contributed by atoms with Crippen LogP contribution in [0.15, 0.2) is 97.1 Å². The van der Waals surface area contributed by atoms with Crippen molar-refractivity contribution in [3.05, 3.63) is 141 Å². The molecule has 10 heteroatoms. The fourth-order valence-corrected chi connectivity index (χ4v) is 7.03. The third-order valence-electron chi connectivity index (χ3n) is 8.91. The number of hydrogen-bond donors (Lipinski definition) is 0. The molecule has 2 bridgehead atoms. The molecule has 0 spiro atoms. The highest BCUT2D eigenvalue weighted by atomic mass is 16.6. The zero-order chi connectivity index (χ0) is 30.7. The van der Waals surface area contributed by atoms with Crippen molar-refractivity contribution in [2.24, 2.45) is 11.8 Å². The van der Waals surface area contributed by atoms with E-state index in [2.05, 4.69) is 0 Å². The molecule has 44 heavy (non-hydrogen) atoms. The topological polar surface area (TPSA) is 127 Å². The first kappa shape index (κ1) is 27.2. The fourth-order valence-electron chi connectivity index (χ4n) is 7.03. The molecule has 3 amide bonds. The number of ether oxygens (including phenoxy) is 1. The fraction of sp³-hybridized carbons (Fsp3) is 0.176. The van der Waals surface area contributed by atoms with Gasteiger partial charge in [-0.2, -0.15) is 5.01 Å². The number of methoxy groups -OCH3 is 1. The maximum Gasteiger partial charge on any atom is 0.273 e. The van der Waals surface area contributed by atoms with Crippen molar-refractivity contribution in [2.75, 3.05) is 13.7 Å². The standard InChI is InChI=1S/C34H25N3O7/c1-44-22-8-6-7-20(17-22)27(38)18-35(32(39)19-13-15-21(16-14-19)37(42)43)36-33(40)30-28-23-9-2-3-10-24(23)29(31(30)34(36)41)26-12-5-4-11-25(26)28/h2-17,28-31H,18H2,1H3/t28?,29?,30-,31-/m1/s1. The third-order valence-corrected chi connectivity index (χ3v) is 8.91. The quantitative estimate of drug-likeness (QED) is 0.132. The van der Waals surface area contributed by atoms with Crippen LogP contribution in [0.4, 0.5) is 5.69 Å². The number of benzene rings is 4. The highest BCUT2D eigenvalue weighted by molar-refractivity contribution is 6.11. The molecule has 1 saturated heterocycles. The molecular formula is C34H25N3O7. The van der Waals surface area contributed by atoms with Crippen molar-refractivity contribution in [1.82, 2.24) is 10.0 Å². The molecular weight excluding hydrogens is 562 g/mol. The Morgan fingerprint density at radius 1 is 0.773 bits per heavy atom. The van der Waals surface area contributed by atoms with Crippen LogP contribution in [0, 0.1) is 22.0 Å². The van der Waals surface area contributed by atoms with Crippen LogP contribution in [0.3, 0.4) is 0 Å². The number of imide groups is 1. The smallest absolute Gasteiger partial charge is 0.273 e. The Hall–Kier alpha value is -5.64. The Balaban J connectivity index is 1.32. The van der Waals surface area contributed by atoms with E-state index >= 15 is 0 Å². The van der Waals surface area contributed by atoms with Gasteiger partial charge in [0.05, 0.1) is 23.9 Å². The molecule has 4 aromatic carbocycles. The van der Waals surface area contributed by atoms with Gasteiger partial charge in [-0.1, -0.05) is 60.7 Å². The summed E-state index contributed by atoms with van der Waals surface area (Å²) in [6.45, 7) is -0.616. The number of nitrogens with zero attached hydrogens (tertiary/aromatic N) is 3. The zero-order valence-corrected chi connectivity index (χ0v) is 23.5. The van der Waals surface area contributed by atoms with Gasteiger partial charge in [0.15, 0.2) is 5.78 Å². The minimum atomic E-state index is -0.807. The largest absolute Gasteiger partial charge is 0.497 e. The van der Waals surface area contributed by atoms with Gasteiger partial charge in [0.1, 0.15) is 12.3 Å². The number of nitro benzene ring substituents is 1. The number of hydrogen-bond acceptors (Lipinski definition) is 7. The van der Waals surface area contributed by atoms with Crippen molar-refractivity contribution < 1.29 is 28.8 Å². The third kappa shape index (κ3) is 4.02. The van der Waals surface area contributed by atoms with Gasteiger partial charge >= 0.3 is 0 Å². The molecule has 4 aromatic rings. The minimum Gasteiger partial charge on any atom is -0.497 e. The SMILES string of the molecule is COc1cccc(C(=O)CN(C(=O)c2ccc([N+](=O)[O-])cc2)N2C(=O)[C@@H]3C4c5ccccc5C(c5ccccc54)[C@H]3C2=O)c1. The summed E-state index contributed by atoms with van der Waals surface area (Å²) in [7, 11) is 1.46. The molecule has 0 saturated carbocycles. The average molecular weight is 588 g/mol. The van der Waals surface area contributed by atoms with E-state index in [1.807, 2.05) is 48.5 Å². The molecule has 1 fully saturated rings. The minimum absolute atomic E-state index is 0.0148. The molecule has 0 unspecified atom stereocenters. The van der Waals surface area contributed by atoms with Gasteiger partial charge in [-0.05, 0) is 46.5 Å². The molecule has 0 N–H and O–H groups in total. The number of Topliss-reactive ketones (excluding diaryl/α,β-unsaturated/α-hetero) is 1. The first-order valence-corrected chi connectivity index (χ1v) is 14.1. The predicted molar refractivity (Wildman–Crippen MR) is 157 cm³/mol. The summed E-state index contributed by atoms with van der Waals surface area (Å²) in [6, 6.07) is 26.7. The number of amides is 3. The number of rotatable bonds is 7. The molecule has 3 aliphatic carbocycles. The van der Waals surface area contributed by atoms with Crippen LogP contribution in [-0.4, -0.2) is 52.1 Å². The highest BCUT2D eigenvalue weighted by Gasteiger charge is 2.63. The van der Waals surface area contributed by atoms with Gasteiger partial charge in [0, 0.05) is 35.1 Å². The number of ketones is 1. The summed E-state index contributed by atoms with van der Waals surface area (Å²) in [4.78, 5) is 67.1. The van der Waals surface area contributed by atoms with Crippen LogP contribution in [0.5, 0.6) is 5.75 Å². The van der Waals surface area contributed by atoms with Gasteiger partial charge in [-0.3, -0.25) is 29.3 Å². The van der Waals surface area contributed by atoms with E-state index in [4.69, 9.17) is 4.74 Å². The van der Waals surface area contributed by atoms with Gasteiger partial charge in [-0.15, -0.1) is 0 Å². The summed E-state index contributed by atoms with van der Waals surface area (Å²) < 4.78 is 5.24. The van der Waals surface area contributed by atoms with Crippen LogP contribution in [0.1, 0.15) is 54.8 Å². The maximum atomic E-state index is 14.4. The van der Waals surface area contributed by atoms with Crippen molar-refractivity contribution in [3.8, 4) is 5.75 Å². The van der Waals surface area contributed by atoms with Crippen LogP contribution in [0.2, 0.25) is 0 Å². The van der Waals surface area contributed by atoms with Crippen molar-refractivity contribution in [1.29, 1.82) is 0 Å². The van der Waals surface area contributed by atoms with Gasteiger partial charge < -0.3 is 4.74 Å². The Morgan fingerprint density at radius 2 is 1.30 bits per heavy atom. The monoisotopic (exact) mass is 587 g/mol. The second-order valence-corrected chi connectivity index (χ2v) is 11.1. The lowest BCUT2D eigenvalue weighted by molar-refractivity contribution is -0.384. The van der Waals surface area contributed by atoms with E-state index in [0.717, 1.165) is 44.4 Å². The maximum absolute atomic E-state index is 14.4. The van der Waals surface area contributed by atoms with E-state index in [0.29, 0.717) is 5.75 Å². The molecule has 218 valence electrons. The van der Waals surface area contributed by atoms with Crippen molar-refractivity contribution >= 4 is 29.2 Å². The summed E-state index contributed by atoms with van der Waals surface area (Å²) in [5.74, 6) is -4.36. The van der Waals surface area contributed by atoms with E-state index in [-0.39, 0.29) is 16.8 Å². The van der Waals surface area contributed by atoms with Crippen LogP contribution >= 0.6 is 0 Å². The Kier molecular flexibility index (Phi) is 6.35. The number of nitro groups is 1. The molecule has 8 rings (SSSR count). The number of carbonyl (C=O) groups excluding carboxylic acids is 4. The molecule has 0 aromatic heterocycles. The molecule has 0 radical (unpaired) electrons. The van der Waals surface area contributed by atoms with E-state index in [1.54, 1.807) is 18.2 Å². The molecule has 1 aliphatic heterocycles. The van der Waals surface area contributed by atoms with E-state index in [9.17, 15) is 29.3 Å². The molecule has 2 atom stereocenters. The van der Waals surface area contributed by atoms with Gasteiger partial charge in [0.2, 0.25) is 0 Å². The Morgan fingerprint density at radius 3 is 1.77 bits per heavy atom. The van der Waals surface area contributed by atoms with Crippen LogP contribution in [0.25, 0.3) is 0 Å². The summed E-state index contributed by atoms with van der Waals surface area (Å²) in [5, 5.41) is 13.0. The summed E-state index contributed by atoms with van der Waals surface area (Å²) in [5.41, 5.74) is 3.87. The predicted octanol–water partition coefficient (Wildman–Crippen LogP) is 4.74. The second-order valence-electron chi connectivity index (χ2n) is 11.1. The average Bonchev–Trinajstić information content (AvgIpc) is 3.32. The summed E-state index contributed by atoms with van der Waals surface area (Å²) in [6.07, 6.45) is 0. The lowest BCUT2D eigenvalue weighted by atomic mass is 9.55. The lowest BCUT2D eigenvalue weighted by Gasteiger charge is -2.45.